The molecule has 2 rings (SSSR count). The zero-order valence-corrected chi connectivity index (χ0v) is 19.0. The largest absolute Gasteiger partial charge is 0.357 e. The topological polar surface area (TPSA) is 67.1 Å². The molecule has 1 unspecified atom stereocenters. The monoisotopic (exact) mass is 484 g/mol. The standard InChI is InChI=1S/C20H32N6.HI/c1-4-6-7-8-10-17(3)25-20(21-5-2)23-16-18-11-13-22-19(15-18)26-14-9-12-24-26;/h9,11-15,17H,4-8,10,16H2,1-3H3,(H2,21,23,25);1H. The van der Waals surface area contributed by atoms with Crippen molar-refractivity contribution in [3.8, 4) is 5.82 Å². The van der Waals surface area contributed by atoms with Crippen LogP contribution in [0.1, 0.15) is 58.4 Å². The second kappa shape index (κ2) is 13.5. The average molecular weight is 484 g/mol. The smallest absolute Gasteiger partial charge is 0.191 e. The van der Waals surface area contributed by atoms with Crippen molar-refractivity contribution in [1.29, 1.82) is 0 Å². The molecule has 0 saturated heterocycles. The van der Waals surface area contributed by atoms with Crippen LogP contribution >= 0.6 is 24.0 Å². The minimum absolute atomic E-state index is 0. The number of aliphatic imine (C=N–C) groups is 1. The molecule has 0 spiro atoms. The lowest BCUT2D eigenvalue weighted by molar-refractivity contribution is 0.537. The Kier molecular flexibility index (Phi) is 11.7. The van der Waals surface area contributed by atoms with E-state index in [2.05, 4.69) is 41.5 Å². The molecule has 150 valence electrons. The molecule has 0 bridgehead atoms. The van der Waals surface area contributed by atoms with Crippen molar-refractivity contribution in [2.24, 2.45) is 4.99 Å². The fraction of sp³-hybridized carbons (Fsp3) is 0.550. The second-order valence-corrected chi connectivity index (χ2v) is 6.56. The van der Waals surface area contributed by atoms with Gasteiger partial charge in [0, 0.05) is 31.2 Å². The van der Waals surface area contributed by atoms with E-state index in [-0.39, 0.29) is 24.0 Å². The molecule has 2 N–H and O–H groups in total. The number of halogens is 1. The van der Waals surface area contributed by atoms with Crippen LogP contribution in [0.5, 0.6) is 0 Å². The van der Waals surface area contributed by atoms with Gasteiger partial charge in [-0.15, -0.1) is 24.0 Å². The van der Waals surface area contributed by atoms with E-state index in [0.29, 0.717) is 12.6 Å². The molecule has 0 aliphatic carbocycles. The van der Waals surface area contributed by atoms with E-state index in [1.54, 1.807) is 17.1 Å². The van der Waals surface area contributed by atoms with Gasteiger partial charge in [-0.2, -0.15) is 5.10 Å². The summed E-state index contributed by atoms with van der Waals surface area (Å²) in [7, 11) is 0. The Morgan fingerprint density at radius 1 is 1.22 bits per heavy atom. The molecular formula is C20H33IN6. The molecule has 0 fully saturated rings. The van der Waals surface area contributed by atoms with E-state index in [1.807, 2.05) is 24.4 Å². The van der Waals surface area contributed by atoms with Crippen molar-refractivity contribution < 1.29 is 0 Å². The maximum atomic E-state index is 4.73. The van der Waals surface area contributed by atoms with Crippen LogP contribution < -0.4 is 10.6 Å². The van der Waals surface area contributed by atoms with Crippen LogP contribution in [0.2, 0.25) is 0 Å². The van der Waals surface area contributed by atoms with Gasteiger partial charge in [0.25, 0.3) is 0 Å². The summed E-state index contributed by atoms with van der Waals surface area (Å²) < 4.78 is 1.76. The Hall–Kier alpha value is -1.64. The highest BCUT2D eigenvalue weighted by Crippen LogP contribution is 2.08. The van der Waals surface area contributed by atoms with Crippen LogP contribution in [-0.2, 0) is 6.54 Å². The number of hydrogen-bond donors (Lipinski definition) is 2. The third-order valence-corrected chi connectivity index (χ3v) is 4.19. The van der Waals surface area contributed by atoms with Gasteiger partial charge >= 0.3 is 0 Å². The van der Waals surface area contributed by atoms with Crippen molar-refractivity contribution >= 4 is 29.9 Å². The molecule has 7 heteroatoms. The summed E-state index contributed by atoms with van der Waals surface area (Å²) in [5.41, 5.74) is 1.11. The molecule has 0 saturated carbocycles. The Labute approximate surface area is 180 Å². The van der Waals surface area contributed by atoms with Gasteiger partial charge in [-0.3, -0.25) is 0 Å². The zero-order chi connectivity index (χ0) is 18.6. The van der Waals surface area contributed by atoms with E-state index < -0.39 is 0 Å². The maximum absolute atomic E-state index is 4.73. The predicted octanol–water partition coefficient (Wildman–Crippen LogP) is 4.30. The highest BCUT2D eigenvalue weighted by atomic mass is 127. The molecule has 27 heavy (non-hydrogen) atoms. The molecule has 6 nitrogen and oxygen atoms in total. The Morgan fingerprint density at radius 2 is 2.07 bits per heavy atom. The first-order valence-electron chi connectivity index (χ1n) is 9.72. The highest BCUT2D eigenvalue weighted by Gasteiger charge is 2.05. The summed E-state index contributed by atoms with van der Waals surface area (Å²) in [5, 5.41) is 11.1. The van der Waals surface area contributed by atoms with Crippen molar-refractivity contribution in [2.45, 2.75) is 65.5 Å². The lowest BCUT2D eigenvalue weighted by Crippen LogP contribution is -2.42. The molecule has 0 amide bonds. The van der Waals surface area contributed by atoms with E-state index in [1.165, 1.54) is 32.1 Å². The summed E-state index contributed by atoms with van der Waals surface area (Å²) in [4.78, 5) is 9.09. The van der Waals surface area contributed by atoms with Crippen molar-refractivity contribution in [1.82, 2.24) is 25.4 Å². The number of aromatic nitrogens is 3. The van der Waals surface area contributed by atoms with Crippen LogP contribution in [0.4, 0.5) is 0 Å². The number of pyridine rings is 1. The van der Waals surface area contributed by atoms with Gasteiger partial charge < -0.3 is 10.6 Å². The first kappa shape index (κ1) is 23.4. The minimum atomic E-state index is 0. The molecule has 2 aromatic heterocycles. The third kappa shape index (κ3) is 8.73. The van der Waals surface area contributed by atoms with Gasteiger partial charge in [0.15, 0.2) is 11.8 Å². The fourth-order valence-electron chi connectivity index (χ4n) is 2.76. The van der Waals surface area contributed by atoms with Crippen molar-refractivity contribution in [2.75, 3.05) is 6.54 Å². The lowest BCUT2D eigenvalue weighted by Gasteiger charge is -2.17. The quantitative estimate of drug-likeness (QED) is 0.229. The number of guanidine groups is 1. The normalized spacial score (nSPS) is 12.3. The van der Waals surface area contributed by atoms with Crippen molar-refractivity contribution in [3.05, 3.63) is 42.4 Å². The molecule has 1 atom stereocenters. The summed E-state index contributed by atoms with van der Waals surface area (Å²) in [6.45, 7) is 8.01. The third-order valence-electron chi connectivity index (χ3n) is 4.19. The van der Waals surface area contributed by atoms with Gasteiger partial charge in [0.05, 0.1) is 6.54 Å². The Bertz CT molecular complexity index is 656. The van der Waals surface area contributed by atoms with Gasteiger partial charge in [0.2, 0.25) is 0 Å². The van der Waals surface area contributed by atoms with Crippen LogP contribution in [0, 0.1) is 0 Å². The molecule has 0 aromatic carbocycles. The van der Waals surface area contributed by atoms with Crippen LogP contribution in [0.25, 0.3) is 5.82 Å². The van der Waals surface area contributed by atoms with Gasteiger partial charge in [0.1, 0.15) is 0 Å². The second-order valence-electron chi connectivity index (χ2n) is 6.56. The zero-order valence-electron chi connectivity index (χ0n) is 16.7. The molecule has 2 aromatic rings. The van der Waals surface area contributed by atoms with Crippen molar-refractivity contribution in [3.63, 3.8) is 0 Å². The summed E-state index contributed by atoms with van der Waals surface area (Å²) in [6.07, 6.45) is 11.8. The SMILES string of the molecule is CCCCCCC(C)NC(=NCc1ccnc(-n2cccn2)c1)NCC.I. The van der Waals surface area contributed by atoms with Crippen LogP contribution in [0.15, 0.2) is 41.8 Å². The number of rotatable bonds is 10. The number of unbranched alkanes of at least 4 members (excludes halogenated alkanes) is 3. The average Bonchev–Trinajstić information content (AvgIpc) is 3.19. The lowest BCUT2D eigenvalue weighted by atomic mass is 10.1. The Balaban J connectivity index is 0.00000364. The van der Waals surface area contributed by atoms with E-state index in [4.69, 9.17) is 4.99 Å². The maximum Gasteiger partial charge on any atom is 0.191 e. The summed E-state index contributed by atoms with van der Waals surface area (Å²) >= 11 is 0. The van der Waals surface area contributed by atoms with Crippen LogP contribution in [-0.4, -0.2) is 33.3 Å². The van der Waals surface area contributed by atoms with Gasteiger partial charge in [-0.25, -0.2) is 14.7 Å². The van der Waals surface area contributed by atoms with Crippen LogP contribution in [0.3, 0.4) is 0 Å². The summed E-state index contributed by atoms with van der Waals surface area (Å²) in [5.74, 6) is 1.68. The first-order valence-corrected chi connectivity index (χ1v) is 9.72. The number of nitrogens with zero attached hydrogens (tertiary/aromatic N) is 4. The number of hydrogen-bond acceptors (Lipinski definition) is 3. The fourth-order valence-corrected chi connectivity index (χ4v) is 2.76. The molecule has 0 radical (unpaired) electrons. The Morgan fingerprint density at radius 3 is 2.78 bits per heavy atom. The van der Waals surface area contributed by atoms with E-state index in [9.17, 15) is 0 Å². The minimum Gasteiger partial charge on any atom is -0.357 e. The predicted molar refractivity (Wildman–Crippen MR) is 123 cm³/mol. The van der Waals surface area contributed by atoms with Gasteiger partial charge in [-0.1, -0.05) is 32.6 Å². The number of nitrogens with one attached hydrogen (secondary N) is 2. The molecule has 0 aliphatic heterocycles. The van der Waals surface area contributed by atoms with E-state index in [0.717, 1.165) is 23.9 Å². The first-order chi connectivity index (χ1) is 12.7. The molecule has 2 heterocycles. The summed E-state index contributed by atoms with van der Waals surface area (Å²) in [6, 6.07) is 6.33. The molecular weight excluding hydrogens is 451 g/mol. The highest BCUT2D eigenvalue weighted by molar-refractivity contribution is 14.0. The van der Waals surface area contributed by atoms with E-state index >= 15 is 0 Å². The van der Waals surface area contributed by atoms with Gasteiger partial charge in [-0.05, 0) is 44.0 Å². The molecule has 0 aliphatic rings.